The predicted octanol–water partition coefficient (Wildman–Crippen LogP) is 4.27. The summed E-state index contributed by atoms with van der Waals surface area (Å²) in [5, 5.41) is 3.55. The van der Waals surface area contributed by atoms with E-state index in [2.05, 4.69) is 10.3 Å². The van der Waals surface area contributed by atoms with Crippen molar-refractivity contribution in [2.45, 2.75) is 26.4 Å². The van der Waals surface area contributed by atoms with Crippen LogP contribution in [0.15, 0.2) is 35.5 Å². The van der Waals surface area contributed by atoms with Crippen LogP contribution >= 0.6 is 11.3 Å². The van der Waals surface area contributed by atoms with Crippen molar-refractivity contribution >= 4 is 27.9 Å². The first-order chi connectivity index (χ1) is 10.4. The molecule has 1 amide bonds. The Bertz CT molecular complexity index is 740. The van der Waals surface area contributed by atoms with Crippen molar-refractivity contribution in [2.75, 3.05) is 5.32 Å². The normalized spacial score (nSPS) is 13.2. The van der Waals surface area contributed by atoms with E-state index in [1.807, 2.05) is 6.92 Å². The summed E-state index contributed by atoms with van der Waals surface area (Å²) in [5.41, 5.74) is -0.364. The van der Waals surface area contributed by atoms with E-state index in [4.69, 9.17) is 0 Å². The van der Waals surface area contributed by atoms with Crippen molar-refractivity contribution < 1.29 is 18.0 Å². The van der Waals surface area contributed by atoms with Gasteiger partial charge in [-0.1, -0.05) is 25.2 Å². The van der Waals surface area contributed by atoms with Crippen LogP contribution in [0.5, 0.6) is 0 Å². The second kappa shape index (κ2) is 6.35. The number of nitrogens with zero attached hydrogens (tertiary/aromatic N) is 2. The van der Waals surface area contributed by atoms with Crippen LogP contribution in [-0.2, 0) is 11.0 Å². The fourth-order valence-corrected chi connectivity index (χ4v) is 2.84. The first-order valence-corrected chi connectivity index (χ1v) is 7.42. The van der Waals surface area contributed by atoms with Gasteiger partial charge in [0.2, 0.25) is 0 Å². The Morgan fingerprint density at radius 1 is 1.50 bits per heavy atom. The molecule has 118 valence electrons. The van der Waals surface area contributed by atoms with Gasteiger partial charge in [0.25, 0.3) is 5.91 Å². The summed E-state index contributed by atoms with van der Waals surface area (Å²) in [6, 6.07) is 0. The van der Waals surface area contributed by atoms with Crippen LogP contribution in [-0.4, -0.2) is 15.3 Å². The monoisotopic (exact) mass is 329 g/mol. The van der Waals surface area contributed by atoms with Gasteiger partial charge in [-0.25, -0.2) is 4.98 Å². The summed E-state index contributed by atoms with van der Waals surface area (Å²) in [6.45, 7) is 3.67. The lowest BCUT2D eigenvalue weighted by atomic mass is 10.2. The number of fused-ring (bicyclic) bond motifs is 1. The summed E-state index contributed by atoms with van der Waals surface area (Å²) < 4.78 is 39.3. The highest BCUT2D eigenvalue weighted by Crippen LogP contribution is 2.35. The van der Waals surface area contributed by atoms with Crippen molar-refractivity contribution in [3.05, 3.63) is 41.2 Å². The average molecular weight is 329 g/mol. The lowest BCUT2D eigenvalue weighted by molar-refractivity contribution is -0.141. The number of hydrogen-bond acceptors (Lipinski definition) is 3. The number of hydrogen-bond donors (Lipinski definition) is 1. The van der Waals surface area contributed by atoms with Crippen LogP contribution in [0.3, 0.4) is 0 Å². The Labute approximate surface area is 129 Å². The fourth-order valence-electron chi connectivity index (χ4n) is 1.89. The van der Waals surface area contributed by atoms with Crippen molar-refractivity contribution in [3.63, 3.8) is 0 Å². The van der Waals surface area contributed by atoms with E-state index in [1.54, 1.807) is 25.2 Å². The number of allylic oxidation sites excluding steroid dienone is 2. The Hall–Kier alpha value is -2.09. The van der Waals surface area contributed by atoms with Crippen molar-refractivity contribution in [1.29, 1.82) is 0 Å². The maximum atomic E-state index is 12.8. The van der Waals surface area contributed by atoms with Crippen LogP contribution in [0.2, 0.25) is 0 Å². The maximum absolute atomic E-state index is 12.8. The van der Waals surface area contributed by atoms with E-state index < -0.39 is 17.8 Å². The summed E-state index contributed by atoms with van der Waals surface area (Å²) in [6.07, 6.45) is 2.36. The van der Waals surface area contributed by atoms with Gasteiger partial charge in [-0.2, -0.15) is 13.2 Å². The lowest BCUT2D eigenvalue weighted by Gasteiger charge is -2.03. The number of aromatic nitrogens is 2. The minimum Gasteiger partial charge on any atom is -0.304 e. The largest absolute Gasteiger partial charge is 0.432 e. The van der Waals surface area contributed by atoms with Crippen molar-refractivity contribution in [3.8, 4) is 0 Å². The van der Waals surface area contributed by atoms with Crippen molar-refractivity contribution in [1.82, 2.24) is 9.38 Å². The summed E-state index contributed by atoms with van der Waals surface area (Å²) in [7, 11) is 0. The fraction of sp³-hybridized carbons (Fsp3) is 0.286. The highest BCUT2D eigenvalue weighted by molar-refractivity contribution is 7.16. The molecule has 0 atom stereocenters. The molecule has 4 nitrogen and oxygen atoms in total. The number of rotatable bonds is 4. The number of carbonyl (C=O) groups excluding carboxylic acids is 1. The van der Waals surface area contributed by atoms with Gasteiger partial charge in [0.05, 0.1) is 0 Å². The molecule has 0 aliphatic rings. The van der Waals surface area contributed by atoms with E-state index in [0.29, 0.717) is 12.0 Å². The predicted molar refractivity (Wildman–Crippen MR) is 79.9 cm³/mol. The number of thiazole rings is 1. The molecule has 2 aromatic rings. The Morgan fingerprint density at radius 2 is 2.23 bits per heavy atom. The van der Waals surface area contributed by atoms with Gasteiger partial charge in [-0.05, 0) is 13.3 Å². The molecule has 8 heteroatoms. The molecule has 0 radical (unpaired) electrons. The molecule has 2 aromatic heterocycles. The van der Waals surface area contributed by atoms with Crippen LogP contribution in [0.4, 0.5) is 19.0 Å². The highest BCUT2D eigenvalue weighted by atomic mass is 32.1. The van der Waals surface area contributed by atoms with Crippen LogP contribution in [0.1, 0.15) is 26.0 Å². The molecule has 2 rings (SSSR count). The Kier molecular flexibility index (Phi) is 4.70. The summed E-state index contributed by atoms with van der Waals surface area (Å²) in [5.74, 6) is -0.278. The first-order valence-electron chi connectivity index (χ1n) is 6.54. The third kappa shape index (κ3) is 3.22. The molecular formula is C14H14F3N3OS. The molecule has 0 saturated carbocycles. The zero-order valence-corrected chi connectivity index (χ0v) is 12.8. The standard InChI is InChI=1S/C14H14F3N3OS/c1-3-5-9(6-4-2)12(21)19-11-13-20(8-18-11)10(7-22-13)14(15,16)17/h3,5-8H,4H2,1-2H3,(H,19,21)/b5-3-,9-6+. The lowest BCUT2D eigenvalue weighted by Crippen LogP contribution is -2.13. The topological polar surface area (TPSA) is 46.4 Å². The molecule has 0 aliphatic heterocycles. The minimum atomic E-state index is -4.46. The molecule has 0 bridgehead atoms. The number of alkyl halides is 3. The van der Waals surface area contributed by atoms with E-state index >= 15 is 0 Å². The maximum Gasteiger partial charge on any atom is 0.432 e. The Balaban J connectivity index is 2.31. The van der Waals surface area contributed by atoms with Gasteiger partial charge >= 0.3 is 6.18 Å². The first kappa shape index (κ1) is 16.3. The van der Waals surface area contributed by atoms with E-state index in [9.17, 15) is 18.0 Å². The molecular weight excluding hydrogens is 315 g/mol. The van der Waals surface area contributed by atoms with Crippen LogP contribution in [0.25, 0.3) is 4.83 Å². The number of imidazole rings is 1. The number of amides is 1. The molecule has 0 aliphatic carbocycles. The summed E-state index contributed by atoms with van der Waals surface area (Å²) in [4.78, 5) is 16.2. The minimum absolute atomic E-state index is 0.122. The van der Waals surface area contributed by atoms with Gasteiger partial charge in [0.1, 0.15) is 16.9 Å². The highest BCUT2D eigenvalue weighted by Gasteiger charge is 2.35. The zero-order chi connectivity index (χ0) is 16.3. The van der Waals surface area contributed by atoms with Gasteiger partial charge in [-0.3, -0.25) is 9.20 Å². The van der Waals surface area contributed by atoms with Gasteiger partial charge in [0, 0.05) is 11.0 Å². The summed E-state index contributed by atoms with van der Waals surface area (Å²) >= 11 is 0.883. The molecule has 0 unspecified atom stereocenters. The number of carbonyl (C=O) groups is 1. The molecule has 2 heterocycles. The van der Waals surface area contributed by atoms with Crippen molar-refractivity contribution in [2.24, 2.45) is 0 Å². The van der Waals surface area contributed by atoms with E-state index in [0.717, 1.165) is 27.4 Å². The number of nitrogens with one attached hydrogen (secondary N) is 1. The Morgan fingerprint density at radius 3 is 2.82 bits per heavy atom. The third-order valence-electron chi connectivity index (χ3n) is 2.82. The SMILES string of the molecule is C/C=C\C(=C/CC)C(=O)Nc1ncn2c(C(F)(F)F)csc12. The molecule has 0 saturated heterocycles. The molecule has 0 fully saturated rings. The number of anilines is 1. The smallest absolute Gasteiger partial charge is 0.304 e. The quantitative estimate of drug-likeness (QED) is 0.673. The molecule has 1 N–H and O–H groups in total. The average Bonchev–Trinajstić information content (AvgIpc) is 3.00. The van der Waals surface area contributed by atoms with E-state index in [-0.39, 0.29) is 10.6 Å². The van der Waals surface area contributed by atoms with Gasteiger partial charge in [0.15, 0.2) is 5.82 Å². The van der Waals surface area contributed by atoms with Crippen LogP contribution < -0.4 is 5.32 Å². The molecule has 22 heavy (non-hydrogen) atoms. The van der Waals surface area contributed by atoms with Gasteiger partial charge < -0.3 is 5.32 Å². The van der Waals surface area contributed by atoms with Gasteiger partial charge in [-0.15, -0.1) is 11.3 Å². The number of halogens is 3. The van der Waals surface area contributed by atoms with Crippen LogP contribution in [0, 0.1) is 0 Å². The second-order valence-electron chi connectivity index (χ2n) is 4.41. The molecule has 0 spiro atoms. The van der Waals surface area contributed by atoms with E-state index in [1.165, 1.54) is 0 Å². The zero-order valence-electron chi connectivity index (χ0n) is 11.9. The molecule has 0 aromatic carbocycles. The third-order valence-corrected chi connectivity index (χ3v) is 3.77. The second-order valence-corrected chi connectivity index (χ2v) is 5.27.